The molecule has 0 saturated carbocycles. The molecule has 13 heavy (non-hydrogen) atoms. The van der Waals surface area contributed by atoms with Crippen LogP contribution < -0.4 is 5.73 Å². The van der Waals surface area contributed by atoms with E-state index in [-0.39, 0.29) is 13.2 Å². The van der Waals surface area contributed by atoms with Crippen LogP contribution in [-0.2, 0) is 18.4 Å². The van der Waals surface area contributed by atoms with Crippen molar-refractivity contribution in [1.82, 2.24) is 0 Å². The zero-order chi connectivity index (χ0) is 10.5. The Kier molecular flexibility index (Phi) is 5.13. The summed E-state index contributed by atoms with van der Waals surface area (Å²) in [5, 5.41) is 0. The zero-order valence-corrected chi connectivity index (χ0v) is 8.42. The van der Waals surface area contributed by atoms with Crippen molar-refractivity contribution in [2.75, 3.05) is 13.2 Å². The van der Waals surface area contributed by atoms with E-state index in [1.807, 2.05) is 0 Å². The number of primary amides is 1. The summed E-state index contributed by atoms with van der Waals surface area (Å²) >= 11 is 0. The predicted molar refractivity (Wildman–Crippen MR) is 44.9 cm³/mol. The number of hydrogen-bond donors (Lipinski definition) is 1. The molecule has 0 aliphatic carbocycles. The van der Waals surface area contributed by atoms with Crippen molar-refractivity contribution >= 4 is 13.5 Å². The monoisotopic (exact) mass is 213 g/mol. The van der Waals surface area contributed by atoms with E-state index in [2.05, 4.69) is 14.8 Å². The van der Waals surface area contributed by atoms with Crippen molar-refractivity contribution in [1.29, 1.82) is 0 Å². The van der Waals surface area contributed by atoms with Crippen molar-refractivity contribution in [3.63, 3.8) is 0 Å². The van der Waals surface area contributed by atoms with Crippen LogP contribution in [0, 0.1) is 0 Å². The Morgan fingerprint density at radius 1 is 1.46 bits per heavy atom. The first-order valence-electron chi connectivity index (χ1n) is 3.80. The van der Waals surface area contributed by atoms with E-state index >= 15 is 0 Å². The van der Waals surface area contributed by atoms with Gasteiger partial charge in [-0.3, -0.25) is 9.36 Å². The Morgan fingerprint density at radius 2 is 1.85 bits per heavy atom. The molecule has 0 fully saturated rings. The quantitative estimate of drug-likeness (QED) is 0.668. The number of amides is 1. The summed E-state index contributed by atoms with van der Waals surface area (Å²) in [6.45, 7) is 3.01. The highest BCUT2D eigenvalue weighted by Crippen LogP contribution is 2.53. The number of halogens is 1. The van der Waals surface area contributed by atoms with Crippen LogP contribution in [0.2, 0.25) is 0 Å². The first-order chi connectivity index (χ1) is 5.98. The average molecular weight is 213 g/mol. The fraction of sp³-hybridized carbons (Fsp3) is 0.833. The van der Waals surface area contributed by atoms with Gasteiger partial charge in [0.1, 0.15) is 0 Å². The molecule has 5 nitrogen and oxygen atoms in total. The van der Waals surface area contributed by atoms with Crippen LogP contribution in [-0.4, -0.2) is 25.0 Å². The minimum atomic E-state index is -4.01. The molecule has 0 saturated heterocycles. The van der Waals surface area contributed by atoms with Crippen LogP contribution in [0.5, 0.6) is 0 Å². The second kappa shape index (κ2) is 5.32. The van der Waals surface area contributed by atoms with Crippen molar-refractivity contribution in [3.05, 3.63) is 0 Å². The van der Waals surface area contributed by atoms with Gasteiger partial charge in [0.2, 0.25) is 0 Å². The third-order valence-corrected chi connectivity index (χ3v) is 3.18. The van der Waals surface area contributed by atoms with Crippen LogP contribution in [0.25, 0.3) is 0 Å². The van der Waals surface area contributed by atoms with Crippen LogP contribution in [0.15, 0.2) is 0 Å². The van der Waals surface area contributed by atoms with Crippen molar-refractivity contribution in [2.24, 2.45) is 5.73 Å². The number of carbonyl (C=O) groups is 1. The van der Waals surface area contributed by atoms with E-state index < -0.39 is 19.4 Å². The molecular formula is C6H13FNO4P. The van der Waals surface area contributed by atoms with E-state index in [4.69, 9.17) is 0 Å². The maximum Gasteiger partial charge on any atom is 0.374 e. The zero-order valence-electron chi connectivity index (χ0n) is 7.53. The van der Waals surface area contributed by atoms with Crippen LogP contribution in [0.4, 0.5) is 4.39 Å². The van der Waals surface area contributed by atoms with Gasteiger partial charge in [-0.2, -0.15) is 0 Å². The highest BCUT2D eigenvalue weighted by molar-refractivity contribution is 7.55. The van der Waals surface area contributed by atoms with Crippen molar-refractivity contribution in [3.8, 4) is 0 Å². The van der Waals surface area contributed by atoms with Gasteiger partial charge >= 0.3 is 7.60 Å². The van der Waals surface area contributed by atoms with Gasteiger partial charge in [-0.05, 0) is 13.8 Å². The Labute approximate surface area is 75.9 Å². The summed E-state index contributed by atoms with van der Waals surface area (Å²) in [4.78, 5) is 10.4. The van der Waals surface area contributed by atoms with Gasteiger partial charge < -0.3 is 14.8 Å². The van der Waals surface area contributed by atoms with E-state index in [1.54, 1.807) is 0 Å². The molecule has 0 aromatic heterocycles. The molecule has 0 unspecified atom stereocenters. The lowest BCUT2D eigenvalue weighted by atomic mass is 10.7. The van der Waals surface area contributed by atoms with Crippen LogP contribution in [0.3, 0.4) is 0 Å². The van der Waals surface area contributed by atoms with Crippen LogP contribution in [0.1, 0.15) is 13.8 Å². The number of alkyl halides is 1. The number of hydrogen-bond acceptors (Lipinski definition) is 4. The Morgan fingerprint density at radius 3 is 2.08 bits per heavy atom. The highest BCUT2D eigenvalue weighted by atomic mass is 31.2. The van der Waals surface area contributed by atoms with E-state index in [0.717, 1.165) is 0 Å². The molecule has 0 aliphatic heterocycles. The molecule has 0 rings (SSSR count). The molecule has 0 aromatic carbocycles. The summed E-state index contributed by atoms with van der Waals surface area (Å²) in [7, 11) is -4.01. The van der Waals surface area contributed by atoms with Crippen LogP contribution >= 0.6 is 7.60 Å². The first kappa shape index (κ1) is 12.6. The van der Waals surface area contributed by atoms with E-state index in [0.29, 0.717) is 0 Å². The van der Waals surface area contributed by atoms with Gasteiger partial charge in [0, 0.05) is 0 Å². The molecule has 0 spiro atoms. The fourth-order valence-electron chi connectivity index (χ4n) is 0.684. The number of carbonyl (C=O) groups excluding carboxylic acids is 1. The van der Waals surface area contributed by atoms with E-state index in [9.17, 15) is 13.8 Å². The summed E-state index contributed by atoms with van der Waals surface area (Å²) in [5.41, 5.74) is 4.64. The lowest BCUT2D eigenvalue weighted by molar-refractivity contribution is -0.120. The average Bonchev–Trinajstić information content (AvgIpc) is 2.03. The normalized spacial score (nSPS) is 14.1. The molecule has 2 N–H and O–H groups in total. The fourth-order valence-corrected chi connectivity index (χ4v) is 2.05. The summed E-state index contributed by atoms with van der Waals surface area (Å²) < 4.78 is 33.5. The Balaban J connectivity index is 4.57. The lowest BCUT2D eigenvalue weighted by Gasteiger charge is -2.17. The van der Waals surface area contributed by atoms with Gasteiger partial charge in [0.25, 0.3) is 11.8 Å². The van der Waals surface area contributed by atoms with Gasteiger partial charge in [-0.1, -0.05) is 0 Å². The number of nitrogens with two attached hydrogens (primary N) is 1. The van der Waals surface area contributed by atoms with Crippen molar-refractivity contribution in [2.45, 2.75) is 19.8 Å². The third-order valence-electron chi connectivity index (χ3n) is 1.13. The maximum absolute atomic E-state index is 13.0. The molecule has 78 valence electrons. The smallest absolute Gasteiger partial charge is 0.367 e. The van der Waals surface area contributed by atoms with E-state index in [1.165, 1.54) is 13.8 Å². The summed E-state index contributed by atoms with van der Waals surface area (Å²) in [6, 6.07) is 0. The summed E-state index contributed by atoms with van der Waals surface area (Å²) in [6.07, 6.45) is 0. The Hall–Kier alpha value is -0.450. The molecule has 7 heteroatoms. The van der Waals surface area contributed by atoms with Gasteiger partial charge in [0.15, 0.2) is 0 Å². The molecule has 1 atom stereocenters. The third kappa shape index (κ3) is 3.42. The van der Waals surface area contributed by atoms with Gasteiger partial charge in [-0.15, -0.1) is 0 Å². The lowest BCUT2D eigenvalue weighted by Crippen LogP contribution is -2.26. The molecule has 0 aromatic rings. The molecular weight excluding hydrogens is 200 g/mol. The number of rotatable bonds is 6. The molecule has 1 amide bonds. The molecule has 0 heterocycles. The topological polar surface area (TPSA) is 78.6 Å². The molecule has 0 bridgehead atoms. The second-order valence-corrected chi connectivity index (χ2v) is 4.16. The van der Waals surface area contributed by atoms with Gasteiger partial charge in [-0.25, -0.2) is 4.39 Å². The second-order valence-electron chi connectivity index (χ2n) is 2.11. The molecule has 0 aliphatic rings. The Bertz CT molecular complexity index is 213. The maximum atomic E-state index is 13.0. The standard InChI is InChI=1S/C6H13FNO4P/c1-3-11-13(10,12-4-2)5(7)6(8)9/h5H,3-4H2,1-2H3,(H2,8,9)/t5-/m1/s1. The van der Waals surface area contributed by atoms with Crippen molar-refractivity contribution < 1.29 is 22.8 Å². The predicted octanol–water partition coefficient (Wildman–Crippen LogP) is 1.03. The summed E-state index contributed by atoms with van der Waals surface area (Å²) in [5.74, 6) is -3.74. The largest absolute Gasteiger partial charge is 0.374 e. The SMILES string of the molecule is CCOP(=O)(OCC)[C@@H](F)C(N)=O. The minimum absolute atomic E-state index is 0.00895. The first-order valence-corrected chi connectivity index (χ1v) is 5.41. The molecule has 0 radical (unpaired) electrons. The minimum Gasteiger partial charge on any atom is -0.367 e. The highest BCUT2D eigenvalue weighted by Gasteiger charge is 2.40. The van der Waals surface area contributed by atoms with Gasteiger partial charge in [0.05, 0.1) is 13.2 Å².